The number of morpholine rings is 1. The topological polar surface area (TPSA) is 24.5 Å². The number of nitrogens with one attached hydrogen (secondary N) is 1. The van der Waals surface area contributed by atoms with E-state index in [9.17, 15) is 0 Å². The van der Waals surface area contributed by atoms with Gasteiger partial charge in [-0.15, -0.1) is 11.8 Å². The Morgan fingerprint density at radius 2 is 2.11 bits per heavy atom. The summed E-state index contributed by atoms with van der Waals surface area (Å²) in [6, 6.07) is 9.23. The highest BCUT2D eigenvalue weighted by Gasteiger charge is 2.30. The van der Waals surface area contributed by atoms with E-state index in [1.54, 1.807) is 11.8 Å². The van der Waals surface area contributed by atoms with E-state index in [0.29, 0.717) is 6.04 Å². The van der Waals surface area contributed by atoms with Gasteiger partial charge in [0.15, 0.2) is 0 Å². The second-order valence-corrected chi connectivity index (χ2v) is 5.80. The number of ether oxygens (including phenoxy) is 1. The van der Waals surface area contributed by atoms with Crippen LogP contribution in [0.4, 0.5) is 0 Å². The van der Waals surface area contributed by atoms with Gasteiger partial charge in [0, 0.05) is 18.0 Å². The summed E-state index contributed by atoms with van der Waals surface area (Å²) in [6.07, 6.45) is 2.34. The summed E-state index contributed by atoms with van der Waals surface area (Å²) in [7, 11) is 2.19. The number of hydrogen-bond acceptors (Lipinski definition) is 4. The molecule has 1 N–H and O–H groups in total. The number of likely N-dealkylation sites (N-methyl/N-ethyl adjacent to an activating group) is 2. The van der Waals surface area contributed by atoms with E-state index in [0.717, 1.165) is 26.2 Å². The number of thioether (sulfide) groups is 1. The fourth-order valence-corrected chi connectivity index (χ4v) is 3.00. The van der Waals surface area contributed by atoms with E-state index in [4.69, 9.17) is 4.74 Å². The van der Waals surface area contributed by atoms with Crippen LogP contribution in [0.3, 0.4) is 0 Å². The van der Waals surface area contributed by atoms with Crippen molar-refractivity contribution in [2.24, 2.45) is 0 Å². The van der Waals surface area contributed by atoms with Gasteiger partial charge in [0.25, 0.3) is 0 Å². The first kappa shape index (κ1) is 14.9. The van der Waals surface area contributed by atoms with Crippen molar-refractivity contribution in [1.29, 1.82) is 0 Å². The fourth-order valence-electron chi connectivity index (χ4n) is 2.59. The number of rotatable bonds is 5. The zero-order chi connectivity index (χ0) is 13.7. The highest BCUT2D eigenvalue weighted by Crippen LogP contribution is 2.29. The molecule has 3 nitrogen and oxygen atoms in total. The van der Waals surface area contributed by atoms with Gasteiger partial charge in [0.1, 0.15) is 0 Å². The second kappa shape index (κ2) is 7.29. The molecule has 0 spiro atoms. The molecule has 0 bridgehead atoms. The maximum atomic E-state index is 5.96. The van der Waals surface area contributed by atoms with Crippen molar-refractivity contribution < 1.29 is 4.74 Å². The Morgan fingerprint density at radius 3 is 2.74 bits per heavy atom. The fraction of sp³-hybridized carbons (Fsp3) is 0.600. The van der Waals surface area contributed by atoms with Crippen molar-refractivity contribution in [3.8, 4) is 0 Å². The molecule has 1 aliphatic heterocycles. The normalized spacial score (nSPS) is 24.6. The Hall–Kier alpha value is -0.550. The predicted octanol–water partition coefficient (Wildman–Crippen LogP) is 2.39. The quantitative estimate of drug-likeness (QED) is 0.837. The van der Waals surface area contributed by atoms with Crippen molar-refractivity contribution in [1.82, 2.24) is 10.2 Å². The Bertz CT molecular complexity index is 382. The molecule has 1 aromatic carbocycles. The summed E-state index contributed by atoms with van der Waals surface area (Å²) in [4.78, 5) is 3.71. The van der Waals surface area contributed by atoms with Crippen molar-refractivity contribution in [3.63, 3.8) is 0 Å². The third kappa shape index (κ3) is 3.72. The van der Waals surface area contributed by atoms with Gasteiger partial charge >= 0.3 is 0 Å². The maximum absolute atomic E-state index is 5.96. The summed E-state index contributed by atoms with van der Waals surface area (Å²) < 4.78 is 5.96. The molecule has 0 radical (unpaired) electrons. The standard InChI is InChI=1S/C15H24N2OS/c1-4-16-11-14-15(17(2)9-10-18-14)12-5-7-13(19-3)8-6-12/h5-8,14-16H,4,9-11H2,1-3H3. The lowest BCUT2D eigenvalue weighted by atomic mass is 9.98. The summed E-state index contributed by atoms with van der Waals surface area (Å²) in [5.74, 6) is 0. The van der Waals surface area contributed by atoms with Crippen molar-refractivity contribution >= 4 is 11.8 Å². The van der Waals surface area contributed by atoms with Crippen LogP contribution < -0.4 is 5.32 Å². The molecule has 0 saturated carbocycles. The van der Waals surface area contributed by atoms with Crippen molar-refractivity contribution in [3.05, 3.63) is 29.8 Å². The van der Waals surface area contributed by atoms with Crippen molar-refractivity contribution in [2.45, 2.75) is 24.0 Å². The minimum absolute atomic E-state index is 0.235. The van der Waals surface area contributed by atoms with Crippen LogP contribution in [0.15, 0.2) is 29.2 Å². The van der Waals surface area contributed by atoms with Crippen LogP contribution in [0.5, 0.6) is 0 Å². The lowest BCUT2D eigenvalue weighted by Crippen LogP contribution is -2.47. The van der Waals surface area contributed by atoms with Crippen LogP contribution in [0.1, 0.15) is 18.5 Å². The van der Waals surface area contributed by atoms with Gasteiger partial charge < -0.3 is 10.1 Å². The van der Waals surface area contributed by atoms with Gasteiger partial charge in [-0.25, -0.2) is 0 Å². The molecule has 106 valence electrons. The van der Waals surface area contributed by atoms with E-state index < -0.39 is 0 Å². The van der Waals surface area contributed by atoms with Crippen LogP contribution in [-0.4, -0.2) is 50.5 Å². The molecule has 2 rings (SSSR count). The molecule has 19 heavy (non-hydrogen) atoms. The first-order chi connectivity index (χ1) is 9.26. The Kier molecular flexibility index (Phi) is 5.70. The monoisotopic (exact) mass is 280 g/mol. The van der Waals surface area contributed by atoms with Gasteiger partial charge in [0.2, 0.25) is 0 Å². The lowest BCUT2D eigenvalue weighted by Gasteiger charge is -2.39. The largest absolute Gasteiger partial charge is 0.374 e. The van der Waals surface area contributed by atoms with Crippen LogP contribution in [0.2, 0.25) is 0 Å². The van der Waals surface area contributed by atoms with E-state index in [2.05, 4.69) is 54.7 Å². The molecule has 1 aliphatic rings. The SMILES string of the molecule is CCNCC1OCCN(C)C1c1ccc(SC)cc1. The average Bonchev–Trinajstić information content (AvgIpc) is 2.45. The second-order valence-electron chi connectivity index (χ2n) is 4.92. The first-order valence-electron chi connectivity index (χ1n) is 6.92. The number of nitrogens with zero attached hydrogens (tertiary/aromatic N) is 1. The molecular weight excluding hydrogens is 256 g/mol. The van der Waals surface area contributed by atoms with Gasteiger partial charge in [-0.1, -0.05) is 19.1 Å². The van der Waals surface area contributed by atoms with Gasteiger partial charge in [-0.2, -0.15) is 0 Å². The molecule has 0 aromatic heterocycles. The highest BCUT2D eigenvalue weighted by molar-refractivity contribution is 7.98. The van der Waals surface area contributed by atoms with Crippen molar-refractivity contribution in [2.75, 3.05) is 39.5 Å². The zero-order valence-electron chi connectivity index (χ0n) is 12.1. The molecule has 1 heterocycles. The molecule has 0 aliphatic carbocycles. The number of benzene rings is 1. The highest BCUT2D eigenvalue weighted by atomic mass is 32.2. The first-order valence-corrected chi connectivity index (χ1v) is 8.15. The molecule has 1 fully saturated rings. The van der Waals surface area contributed by atoms with Crippen LogP contribution >= 0.6 is 11.8 Å². The molecule has 1 aromatic rings. The molecule has 1 saturated heterocycles. The molecular formula is C15H24N2OS. The minimum atomic E-state index is 0.235. The van der Waals surface area contributed by atoms with E-state index >= 15 is 0 Å². The third-order valence-corrected chi connectivity index (χ3v) is 4.40. The van der Waals surface area contributed by atoms with Crippen LogP contribution in [0, 0.1) is 0 Å². The Morgan fingerprint density at radius 1 is 1.37 bits per heavy atom. The summed E-state index contributed by atoms with van der Waals surface area (Å²) in [6.45, 7) is 5.86. The van der Waals surface area contributed by atoms with Gasteiger partial charge in [0.05, 0.1) is 18.8 Å². The Balaban J connectivity index is 2.15. The maximum Gasteiger partial charge on any atom is 0.0896 e. The summed E-state index contributed by atoms with van der Waals surface area (Å²) in [5, 5.41) is 3.41. The van der Waals surface area contributed by atoms with Gasteiger partial charge in [-0.05, 0) is 37.5 Å². The predicted molar refractivity (Wildman–Crippen MR) is 81.9 cm³/mol. The molecule has 4 heteroatoms. The number of hydrogen-bond donors (Lipinski definition) is 1. The lowest BCUT2D eigenvalue weighted by molar-refractivity contribution is -0.0611. The van der Waals surface area contributed by atoms with E-state index in [1.165, 1.54) is 10.5 Å². The third-order valence-electron chi connectivity index (χ3n) is 3.66. The zero-order valence-corrected chi connectivity index (χ0v) is 12.9. The molecule has 2 unspecified atom stereocenters. The van der Waals surface area contributed by atoms with E-state index in [-0.39, 0.29) is 6.10 Å². The average molecular weight is 280 g/mol. The van der Waals surface area contributed by atoms with Crippen LogP contribution in [0.25, 0.3) is 0 Å². The van der Waals surface area contributed by atoms with Gasteiger partial charge in [-0.3, -0.25) is 4.90 Å². The minimum Gasteiger partial charge on any atom is -0.374 e. The smallest absolute Gasteiger partial charge is 0.0896 e. The summed E-state index contributed by atoms with van der Waals surface area (Å²) >= 11 is 1.78. The molecule has 2 atom stereocenters. The molecule has 0 amide bonds. The Labute approximate surface area is 120 Å². The summed E-state index contributed by atoms with van der Waals surface area (Å²) in [5.41, 5.74) is 1.35. The van der Waals surface area contributed by atoms with Crippen LogP contribution in [-0.2, 0) is 4.74 Å². The van der Waals surface area contributed by atoms with E-state index in [1.807, 2.05) is 0 Å².